The van der Waals surface area contributed by atoms with Gasteiger partial charge in [0.05, 0.1) is 11.5 Å². The van der Waals surface area contributed by atoms with Gasteiger partial charge in [-0.2, -0.15) is 0 Å². The van der Waals surface area contributed by atoms with Crippen LogP contribution in [0.25, 0.3) is 0 Å². The zero-order valence-electron chi connectivity index (χ0n) is 21.1. The van der Waals surface area contributed by atoms with Crippen LogP contribution >= 0.6 is 0 Å². The van der Waals surface area contributed by atoms with Crippen LogP contribution < -0.4 is 5.32 Å². The van der Waals surface area contributed by atoms with Crippen LogP contribution in [0.15, 0.2) is 0 Å². The van der Waals surface area contributed by atoms with Gasteiger partial charge in [0.2, 0.25) is 0 Å². The molecular weight excluding hydrogens is 398 g/mol. The molecule has 7 heteroatoms. The first-order chi connectivity index (χ1) is 13.4. The smallest absolute Gasteiger partial charge is 0.191 e. The highest BCUT2D eigenvalue weighted by atomic mass is 28.2. The van der Waals surface area contributed by atoms with Crippen molar-refractivity contribution in [3.05, 3.63) is 0 Å². The minimum absolute atomic E-state index is 0.0556. The van der Waals surface area contributed by atoms with Crippen molar-refractivity contribution in [2.75, 3.05) is 0 Å². The monoisotopic (exact) mass is 449 g/mol. The molecule has 4 atom stereocenters. The number of hydrogen-bond acceptors (Lipinski definition) is 5. The predicted octanol–water partition coefficient (Wildman–Crippen LogP) is 4.13. The fourth-order valence-electron chi connectivity index (χ4n) is 2.92. The maximum Gasteiger partial charge on any atom is 0.191 e. The van der Waals surface area contributed by atoms with Gasteiger partial charge in [0.1, 0.15) is 12.5 Å². The van der Waals surface area contributed by atoms with E-state index in [-0.39, 0.29) is 35.1 Å². The van der Waals surface area contributed by atoms with E-state index in [0.717, 1.165) is 12.8 Å². The van der Waals surface area contributed by atoms with E-state index < -0.39 is 19.5 Å². The van der Waals surface area contributed by atoms with Crippen LogP contribution in [0.5, 0.6) is 0 Å². The standard InChI is InChI=1S/C22H51NO4Si2/c1-11-13-15-19(28-26-21(5,6)7)24-17(3)23-18(4)25-20(16-14-12-2)29-27-22(8,9)10/h17-20,23H,11-16,28-29H2,1-10H3. The van der Waals surface area contributed by atoms with Crippen molar-refractivity contribution in [3.63, 3.8) is 0 Å². The number of unbranched alkanes of at least 4 members (excludes halogenated alkanes) is 2. The summed E-state index contributed by atoms with van der Waals surface area (Å²) in [5.74, 6) is 0. The second-order valence-electron chi connectivity index (χ2n) is 10.1. The molecule has 176 valence electrons. The van der Waals surface area contributed by atoms with Crippen LogP contribution in [0.1, 0.15) is 108 Å². The maximum absolute atomic E-state index is 6.32. The van der Waals surface area contributed by atoms with Crippen molar-refractivity contribution in [2.24, 2.45) is 0 Å². The molecule has 0 saturated heterocycles. The zero-order chi connectivity index (χ0) is 22.5. The molecule has 0 bridgehead atoms. The van der Waals surface area contributed by atoms with Gasteiger partial charge in [-0.1, -0.05) is 39.5 Å². The summed E-state index contributed by atoms with van der Waals surface area (Å²) in [6.45, 7) is 21.3. The topological polar surface area (TPSA) is 49.0 Å². The molecular formula is C22H51NO4Si2. The Balaban J connectivity index is 4.58. The van der Waals surface area contributed by atoms with E-state index in [0.29, 0.717) is 0 Å². The van der Waals surface area contributed by atoms with Gasteiger partial charge in [0.15, 0.2) is 19.5 Å². The molecule has 0 aromatic carbocycles. The number of nitrogens with one attached hydrogen (secondary N) is 1. The highest BCUT2D eigenvalue weighted by Crippen LogP contribution is 2.14. The van der Waals surface area contributed by atoms with Gasteiger partial charge in [0, 0.05) is 11.2 Å². The molecule has 0 heterocycles. The van der Waals surface area contributed by atoms with E-state index in [9.17, 15) is 0 Å². The molecule has 0 radical (unpaired) electrons. The van der Waals surface area contributed by atoms with Gasteiger partial charge in [-0.05, 0) is 68.2 Å². The summed E-state index contributed by atoms with van der Waals surface area (Å²) < 4.78 is 24.9. The molecule has 0 aromatic heterocycles. The fraction of sp³-hybridized carbons (Fsp3) is 1.00. The first-order valence-corrected chi connectivity index (χ1v) is 14.5. The second-order valence-corrected chi connectivity index (χ2v) is 13.2. The van der Waals surface area contributed by atoms with E-state index in [4.69, 9.17) is 18.3 Å². The molecule has 0 aliphatic carbocycles. The largest absolute Gasteiger partial charge is 0.417 e. The van der Waals surface area contributed by atoms with Gasteiger partial charge in [-0.15, -0.1) is 0 Å². The quantitative estimate of drug-likeness (QED) is 0.283. The van der Waals surface area contributed by atoms with Gasteiger partial charge in [0.25, 0.3) is 0 Å². The molecule has 0 rings (SSSR count). The third-order valence-electron chi connectivity index (χ3n) is 4.43. The highest BCUT2D eigenvalue weighted by Gasteiger charge is 2.22. The van der Waals surface area contributed by atoms with Crippen molar-refractivity contribution in [2.45, 2.75) is 143 Å². The number of hydrogen-bond donors (Lipinski definition) is 1. The second kappa shape index (κ2) is 15.1. The minimum atomic E-state index is -0.749. The first kappa shape index (κ1) is 29.2. The molecule has 0 amide bonds. The molecule has 0 aromatic rings. The summed E-state index contributed by atoms with van der Waals surface area (Å²) >= 11 is 0. The molecule has 4 unspecified atom stereocenters. The zero-order valence-corrected chi connectivity index (χ0v) is 23.9. The summed E-state index contributed by atoms with van der Waals surface area (Å²) in [7, 11) is -1.50. The Kier molecular flexibility index (Phi) is 15.2. The average molecular weight is 450 g/mol. The van der Waals surface area contributed by atoms with Gasteiger partial charge < -0.3 is 18.3 Å². The van der Waals surface area contributed by atoms with Crippen LogP contribution in [-0.4, -0.2) is 54.6 Å². The molecule has 5 nitrogen and oxygen atoms in total. The Labute approximate surface area is 186 Å². The summed E-state index contributed by atoms with van der Waals surface area (Å²) in [6, 6.07) is 0. The lowest BCUT2D eigenvalue weighted by atomic mass is 10.2. The predicted molar refractivity (Wildman–Crippen MR) is 130 cm³/mol. The van der Waals surface area contributed by atoms with E-state index in [1.807, 2.05) is 0 Å². The minimum Gasteiger partial charge on any atom is -0.417 e. The lowest BCUT2D eigenvalue weighted by Gasteiger charge is -2.30. The molecule has 0 spiro atoms. The molecule has 0 aliphatic heterocycles. The third-order valence-corrected chi connectivity index (χ3v) is 8.44. The van der Waals surface area contributed by atoms with E-state index in [2.05, 4.69) is 74.6 Å². The van der Waals surface area contributed by atoms with E-state index >= 15 is 0 Å². The van der Waals surface area contributed by atoms with Gasteiger partial charge in [-0.25, -0.2) is 0 Å². The molecule has 0 fully saturated rings. The highest BCUT2D eigenvalue weighted by molar-refractivity contribution is 6.29. The average Bonchev–Trinajstić information content (AvgIpc) is 2.58. The Morgan fingerprint density at radius 3 is 1.31 bits per heavy atom. The summed E-state index contributed by atoms with van der Waals surface area (Å²) in [6.07, 6.45) is 6.76. The van der Waals surface area contributed by atoms with Gasteiger partial charge in [-0.3, -0.25) is 5.32 Å². The van der Waals surface area contributed by atoms with Crippen molar-refractivity contribution in [1.82, 2.24) is 5.32 Å². The van der Waals surface area contributed by atoms with Crippen LogP contribution in [0.4, 0.5) is 0 Å². The Morgan fingerprint density at radius 2 is 1.03 bits per heavy atom. The van der Waals surface area contributed by atoms with Gasteiger partial charge >= 0.3 is 0 Å². The lowest BCUT2D eigenvalue weighted by Crippen LogP contribution is -2.45. The van der Waals surface area contributed by atoms with Crippen LogP contribution in [-0.2, 0) is 18.3 Å². The molecule has 29 heavy (non-hydrogen) atoms. The van der Waals surface area contributed by atoms with Crippen LogP contribution in [0.3, 0.4) is 0 Å². The van der Waals surface area contributed by atoms with E-state index in [1.165, 1.54) is 25.7 Å². The normalized spacial score (nSPS) is 18.0. The Morgan fingerprint density at radius 1 is 0.690 bits per heavy atom. The van der Waals surface area contributed by atoms with E-state index in [1.54, 1.807) is 0 Å². The SMILES string of the molecule is CCCCC(OC(C)NC(C)OC(CCCC)[SiH2]OC(C)(C)C)[SiH2]OC(C)(C)C. The molecule has 0 aliphatic rings. The van der Waals surface area contributed by atoms with Crippen molar-refractivity contribution in [3.8, 4) is 0 Å². The van der Waals surface area contributed by atoms with Crippen LogP contribution in [0.2, 0.25) is 0 Å². The molecule has 1 N–H and O–H groups in total. The summed E-state index contributed by atoms with van der Waals surface area (Å²) in [4.78, 5) is 0. The Bertz CT molecular complexity index is 363. The lowest BCUT2D eigenvalue weighted by molar-refractivity contribution is -0.0616. The van der Waals surface area contributed by atoms with Crippen molar-refractivity contribution >= 4 is 19.5 Å². The van der Waals surface area contributed by atoms with Crippen molar-refractivity contribution < 1.29 is 18.3 Å². The number of ether oxygens (including phenoxy) is 2. The maximum atomic E-state index is 6.32. The third kappa shape index (κ3) is 18.7. The fourth-order valence-corrected chi connectivity index (χ4v) is 5.93. The Hall–Kier alpha value is 0.234. The summed E-state index contributed by atoms with van der Waals surface area (Å²) in [5, 5.41) is 3.48. The van der Waals surface area contributed by atoms with Crippen LogP contribution in [0, 0.1) is 0 Å². The number of rotatable bonds is 16. The first-order valence-electron chi connectivity index (χ1n) is 11.7. The van der Waals surface area contributed by atoms with Crippen molar-refractivity contribution in [1.29, 1.82) is 0 Å². The molecule has 0 saturated carbocycles. The summed E-state index contributed by atoms with van der Waals surface area (Å²) in [5.41, 5.74) is 0.297.